The molecule has 0 fully saturated rings. The van der Waals surface area contributed by atoms with Gasteiger partial charge in [-0.25, -0.2) is 4.79 Å². The Labute approximate surface area is 168 Å². The number of para-hydroxylation sites is 2. The van der Waals surface area contributed by atoms with E-state index < -0.39 is 0 Å². The number of nitrogens with one attached hydrogen (secondary N) is 2. The second kappa shape index (κ2) is 8.10. The molecule has 0 unspecified atom stereocenters. The first kappa shape index (κ1) is 18.6. The van der Waals surface area contributed by atoms with Gasteiger partial charge in [-0.1, -0.05) is 18.2 Å². The molecular formula is C22H21N3O4. The van der Waals surface area contributed by atoms with Gasteiger partial charge in [0, 0.05) is 17.9 Å². The summed E-state index contributed by atoms with van der Waals surface area (Å²) in [5, 5.41) is 5.61. The lowest BCUT2D eigenvalue weighted by Gasteiger charge is -2.17. The Morgan fingerprint density at radius 3 is 2.76 bits per heavy atom. The molecule has 0 saturated heterocycles. The standard InChI is InChI=1S/C22H21N3O4/c1-2-28-19-7-4-3-6-17(19)24-22(27)23-16-10-9-15-11-12-25(18(15)14-16)21(26)20-8-5-13-29-20/h3-10,13-14H,2,11-12H2,1H3,(H2,23,24,27). The van der Waals surface area contributed by atoms with Crippen LogP contribution in [0.1, 0.15) is 23.0 Å². The van der Waals surface area contributed by atoms with Crippen LogP contribution in [0.3, 0.4) is 0 Å². The molecule has 1 aliphatic heterocycles. The summed E-state index contributed by atoms with van der Waals surface area (Å²) in [4.78, 5) is 26.8. The predicted octanol–water partition coefficient (Wildman–Crippen LogP) is 4.53. The largest absolute Gasteiger partial charge is 0.492 e. The molecule has 7 nitrogen and oxygen atoms in total. The summed E-state index contributed by atoms with van der Waals surface area (Å²) in [7, 11) is 0. The Kier molecular flexibility index (Phi) is 5.20. The van der Waals surface area contributed by atoms with E-state index in [2.05, 4.69) is 10.6 Å². The Balaban J connectivity index is 1.49. The van der Waals surface area contributed by atoms with Gasteiger partial charge in [-0.2, -0.15) is 0 Å². The Bertz CT molecular complexity index is 1030. The predicted molar refractivity (Wildman–Crippen MR) is 111 cm³/mol. The molecule has 2 aromatic carbocycles. The van der Waals surface area contributed by atoms with Gasteiger partial charge < -0.3 is 24.7 Å². The molecule has 148 valence electrons. The second-order valence-electron chi connectivity index (χ2n) is 6.54. The van der Waals surface area contributed by atoms with Crippen LogP contribution in [0.4, 0.5) is 21.9 Å². The molecule has 3 amide bonds. The first-order valence-corrected chi connectivity index (χ1v) is 9.44. The average molecular weight is 391 g/mol. The van der Waals surface area contributed by atoms with Crippen molar-refractivity contribution < 1.29 is 18.7 Å². The van der Waals surface area contributed by atoms with Crippen molar-refractivity contribution in [2.75, 3.05) is 28.7 Å². The number of ether oxygens (including phenoxy) is 1. The highest BCUT2D eigenvalue weighted by Crippen LogP contribution is 2.32. The average Bonchev–Trinajstić information content (AvgIpc) is 3.39. The van der Waals surface area contributed by atoms with Crippen LogP contribution >= 0.6 is 0 Å². The second-order valence-corrected chi connectivity index (χ2v) is 6.54. The number of amides is 3. The number of hydrogen-bond acceptors (Lipinski definition) is 4. The number of carbonyl (C=O) groups excluding carboxylic acids is 2. The number of rotatable bonds is 5. The number of anilines is 3. The number of furan rings is 1. The number of carbonyl (C=O) groups is 2. The van der Waals surface area contributed by atoms with Crippen molar-refractivity contribution >= 4 is 29.0 Å². The summed E-state index contributed by atoms with van der Waals surface area (Å²) in [6.45, 7) is 2.97. The van der Waals surface area contributed by atoms with Crippen LogP contribution in [0.15, 0.2) is 65.3 Å². The molecule has 0 aliphatic carbocycles. The van der Waals surface area contributed by atoms with Crippen LogP contribution < -0.4 is 20.3 Å². The third-order valence-corrected chi connectivity index (χ3v) is 4.65. The molecule has 0 spiro atoms. The number of fused-ring (bicyclic) bond motifs is 1. The Morgan fingerprint density at radius 2 is 1.97 bits per heavy atom. The van der Waals surface area contributed by atoms with E-state index in [1.165, 1.54) is 6.26 Å². The molecule has 2 N–H and O–H groups in total. The van der Waals surface area contributed by atoms with Crippen LogP contribution in [-0.4, -0.2) is 25.1 Å². The van der Waals surface area contributed by atoms with Crippen LogP contribution in [-0.2, 0) is 6.42 Å². The van der Waals surface area contributed by atoms with Crippen molar-refractivity contribution in [2.45, 2.75) is 13.3 Å². The number of nitrogens with zero attached hydrogens (tertiary/aromatic N) is 1. The maximum Gasteiger partial charge on any atom is 0.323 e. The first-order chi connectivity index (χ1) is 14.2. The van der Waals surface area contributed by atoms with Crippen molar-refractivity contribution in [3.63, 3.8) is 0 Å². The van der Waals surface area contributed by atoms with E-state index in [0.717, 1.165) is 17.7 Å². The summed E-state index contributed by atoms with van der Waals surface area (Å²) in [5.74, 6) is 0.705. The lowest BCUT2D eigenvalue weighted by atomic mass is 10.1. The molecule has 0 radical (unpaired) electrons. The van der Waals surface area contributed by atoms with Crippen LogP contribution in [0, 0.1) is 0 Å². The third kappa shape index (κ3) is 3.94. The Morgan fingerprint density at radius 1 is 1.10 bits per heavy atom. The fraction of sp³-hybridized carbons (Fsp3) is 0.182. The zero-order valence-electron chi connectivity index (χ0n) is 16.0. The summed E-state index contributed by atoms with van der Waals surface area (Å²) < 4.78 is 10.8. The van der Waals surface area contributed by atoms with Gasteiger partial charge in [-0.3, -0.25) is 4.79 Å². The van der Waals surface area contributed by atoms with Crippen molar-refractivity contribution in [3.8, 4) is 5.75 Å². The van der Waals surface area contributed by atoms with Crippen LogP contribution in [0.2, 0.25) is 0 Å². The minimum Gasteiger partial charge on any atom is -0.492 e. The molecule has 0 saturated carbocycles. The van der Waals surface area contributed by atoms with Crippen molar-refractivity contribution in [1.29, 1.82) is 0 Å². The van der Waals surface area contributed by atoms with Gasteiger partial charge in [-0.15, -0.1) is 0 Å². The molecule has 29 heavy (non-hydrogen) atoms. The van der Waals surface area contributed by atoms with Gasteiger partial charge in [-0.05, 0) is 55.3 Å². The van der Waals surface area contributed by atoms with Crippen molar-refractivity contribution in [1.82, 2.24) is 0 Å². The van der Waals surface area contributed by atoms with Gasteiger partial charge in [0.15, 0.2) is 5.76 Å². The summed E-state index contributed by atoms with van der Waals surface area (Å²) in [6.07, 6.45) is 2.24. The van der Waals surface area contributed by atoms with E-state index in [4.69, 9.17) is 9.15 Å². The van der Waals surface area contributed by atoms with Gasteiger partial charge in [0.1, 0.15) is 5.75 Å². The van der Waals surface area contributed by atoms with E-state index in [9.17, 15) is 9.59 Å². The Hall–Kier alpha value is -3.74. The highest BCUT2D eigenvalue weighted by Gasteiger charge is 2.27. The smallest absolute Gasteiger partial charge is 0.323 e. The topological polar surface area (TPSA) is 83.8 Å². The fourth-order valence-corrected chi connectivity index (χ4v) is 3.34. The molecule has 7 heteroatoms. The lowest BCUT2D eigenvalue weighted by Crippen LogP contribution is -2.28. The molecule has 2 heterocycles. The SMILES string of the molecule is CCOc1ccccc1NC(=O)Nc1ccc2c(c1)N(C(=O)c1ccco1)CC2. The molecule has 0 atom stereocenters. The third-order valence-electron chi connectivity index (χ3n) is 4.65. The molecule has 3 aromatic rings. The minimum absolute atomic E-state index is 0.194. The number of hydrogen-bond donors (Lipinski definition) is 2. The quantitative estimate of drug-likeness (QED) is 0.670. The van der Waals surface area contributed by atoms with E-state index in [-0.39, 0.29) is 11.9 Å². The van der Waals surface area contributed by atoms with E-state index >= 15 is 0 Å². The van der Waals surface area contributed by atoms with Crippen molar-refractivity contribution in [3.05, 3.63) is 72.2 Å². The molecule has 1 aromatic heterocycles. The lowest BCUT2D eigenvalue weighted by molar-refractivity contribution is 0.0963. The normalized spacial score (nSPS) is 12.4. The van der Waals surface area contributed by atoms with Crippen LogP contribution in [0.5, 0.6) is 5.75 Å². The maximum absolute atomic E-state index is 12.7. The zero-order valence-corrected chi connectivity index (χ0v) is 16.0. The fourth-order valence-electron chi connectivity index (χ4n) is 3.34. The minimum atomic E-state index is -0.390. The summed E-state index contributed by atoms with van der Waals surface area (Å²) in [5.41, 5.74) is 3.01. The highest BCUT2D eigenvalue weighted by atomic mass is 16.5. The molecule has 0 bridgehead atoms. The number of urea groups is 1. The van der Waals surface area contributed by atoms with Crippen molar-refractivity contribution in [2.24, 2.45) is 0 Å². The van der Waals surface area contributed by atoms with Gasteiger partial charge in [0.2, 0.25) is 0 Å². The molecule has 1 aliphatic rings. The monoisotopic (exact) mass is 391 g/mol. The number of benzene rings is 2. The zero-order chi connectivity index (χ0) is 20.2. The van der Waals surface area contributed by atoms with Crippen LogP contribution in [0.25, 0.3) is 0 Å². The summed E-state index contributed by atoms with van der Waals surface area (Å²) >= 11 is 0. The van der Waals surface area contributed by atoms with E-state index in [1.807, 2.05) is 31.2 Å². The first-order valence-electron chi connectivity index (χ1n) is 9.44. The highest BCUT2D eigenvalue weighted by molar-refractivity contribution is 6.06. The van der Waals surface area contributed by atoms with E-state index in [0.29, 0.717) is 36.0 Å². The summed E-state index contributed by atoms with van der Waals surface area (Å²) in [6, 6.07) is 15.7. The van der Waals surface area contributed by atoms with Gasteiger partial charge in [0.05, 0.1) is 18.6 Å². The molecule has 4 rings (SSSR count). The van der Waals surface area contributed by atoms with Gasteiger partial charge in [0.25, 0.3) is 5.91 Å². The van der Waals surface area contributed by atoms with Gasteiger partial charge >= 0.3 is 6.03 Å². The van der Waals surface area contributed by atoms with E-state index in [1.54, 1.807) is 35.2 Å². The maximum atomic E-state index is 12.7. The molecular weight excluding hydrogens is 370 g/mol.